The molecule has 21 heavy (non-hydrogen) atoms. The van der Waals surface area contributed by atoms with Crippen LogP contribution >= 0.6 is 11.8 Å². The average Bonchev–Trinajstić information content (AvgIpc) is 2.97. The van der Waals surface area contributed by atoms with Crippen LogP contribution in [0.1, 0.15) is 32.4 Å². The Morgan fingerprint density at radius 1 is 1.43 bits per heavy atom. The van der Waals surface area contributed by atoms with Gasteiger partial charge in [-0.2, -0.15) is 16.1 Å². The van der Waals surface area contributed by atoms with Gasteiger partial charge in [0.05, 0.1) is 6.54 Å². The molecule has 1 N–H and O–H groups in total. The van der Waals surface area contributed by atoms with E-state index in [9.17, 15) is 8.42 Å². The summed E-state index contributed by atoms with van der Waals surface area (Å²) in [5.41, 5.74) is 0. The molecule has 0 aromatic carbocycles. The molecule has 1 aliphatic rings. The molecule has 5 nitrogen and oxygen atoms in total. The van der Waals surface area contributed by atoms with E-state index in [1.54, 1.807) is 16.4 Å². The first-order valence-electron chi connectivity index (χ1n) is 7.49. The predicted octanol–water partition coefficient (Wildman–Crippen LogP) is 2.30. The molecule has 2 heterocycles. The summed E-state index contributed by atoms with van der Waals surface area (Å²) in [6.07, 6.45) is 2.02. The van der Waals surface area contributed by atoms with E-state index in [4.69, 9.17) is 4.42 Å². The van der Waals surface area contributed by atoms with Crippen molar-refractivity contribution in [2.24, 2.45) is 0 Å². The molecule has 0 bridgehead atoms. The monoisotopic (exact) mass is 332 g/mol. The number of thioether (sulfide) groups is 1. The fourth-order valence-corrected chi connectivity index (χ4v) is 5.07. The number of furan rings is 1. The van der Waals surface area contributed by atoms with Crippen LogP contribution in [-0.2, 0) is 16.6 Å². The van der Waals surface area contributed by atoms with Gasteiger partial charge in [0.15, 0.2) is 0 Å². The Bertz CT molecular complexity index is 542. The molecule has 1 aliphatic heterocycles. The van der Waals surface area contributed by atoms with E-state index in [2.05, 4.69) is 19.2 Å². The van der Waals surface area contributed by atoms with Crippen LogP contribution in [0.15, 0.2) is 21.6 Å². The number of nitrogens with one attached hydrogen (secondary N) is 1. The SMILES string of the molecule is CCCNCc1ccc(S(=O)(=O)N2CCSC(CC)C2)o1. The van der Waals surface area contributed by atoms with Crippen LogP contribution < -0.4 is 5.32 Å². The average molecular weight is 332 g/mol. The summed E-state index contributed by atoms with van der Waals surface area (Å²) in [7, 11) is -3.49. The maximum Gasteiger partial charge on any atom is 0.276 e. The van der Waals surface area contributed by atoms with Crippen LogP contribution in [0.3, 0.4) is 0 Å². The summed E-state index contributed by atoms with van der Waals surface area (Å²) < 4.78 is 32.3. The molecular weight excluding hydrogens is 308 g/mol. The van der Waals surface area contributed by atoms with Gasteiger partial charge in [0.25, 0.3) is 10.0 Å². The van der Waals surface area contributed by atoms with Gasteiger partial charge in [-0.1, -0.05) is 13.8 Å². The van der Waals surface area contributed by atoms with E-state index in [0.29, 0.717) is 30.6 Å². The third-order valence-electron chi connectivity index (χ3n) is 3.51. The summed E-state index contributed by atoms with van der Waals surface area (Å²) in [6.45, 7) is 6.78. The summed E-state index contributed by atoms with van der Waals surface area (Å²) >= 11 is 1.85. The normalized spacial score (nSPS) is 20.8. The smallest absolute Gasteiger partial charge is 0.276 e. The molecule has 1 fully saturated rings. The molecule has 2 rings (SSSR count). The zero-order valence-corrected chi connectivity index (χ0v) is 14.3. The van der Waals surface area contributed by atoms with E-state index >= 15 is 0 Å². The van der Waals surface area contributed by atoms with E-state index in [0.717, 1.165) is 25.1 Å². The second-order valence-electron chi connectivity index (χ2n) is 5.16. The third kappa shape index (κ3) is 4.25. The number of nitrogens with zero attached hydrogens (tertiary/aromatic N) is 1. The van der Waals surface area contributed by atoms with Crippen molar-refractivity contribution < 1.29 is 12.8 Å². The highest BCUT2D eigenvalue weighted by molar-refractivity contribution is 8.00. The molecular formula is C14H24N2O3S2. The number of hydrogen-bond donors (Lipinski definition) is 1. The lowest BCUT2D eigenvalue weighted by Gasteiger charge is -2.30. The maximum atomic E-state index is 12.6. The topological polar surface area (TPSA) is 62.6 Å². The number of sulfonamides is 1. The Kier molecular flexibility index (Phi) is 6.16. The largest absolute Gasteiger partial charge is 0.447 e. The van der Waals surface area contributed by atoms with E-state index in [1.807, 2.05) is 11.8 Å². The fraction of sp³-hybridized carbons (Fsp3) is 0.714. The maximum absolute atomic E-state index is 12.6. The molecule has 0 aliphatic carbocycles. The van der Waals surface area contributed by atoms with Crippen LogP contribution in [0.4, 0.5) is 0 Å². The summed E-state index contributed by atoms with van der Waals surface area (Å²) in [5, 5.41) is 3.66. The molecule has 1 saturated heterocycles. The van der Waals surface area contributed by atoms with Crippen LogP contribution in [0, 0.1) is 0 Å². The van der Waals surface area contributed by atoms with E-state index < -0.39 is 10.0 Å². The molecule has 0 amide bonds. The van der Waals surface area contributed by atoms with Gasteiger partial charge in [0.2, 0.25) is 5.09 Å². The molecule has 0 radical (unpaired) electrons. The Labute approximate surface area is 131 Å². The highest BCUT2D eigenvalue weighted by Crippen LogP contribution is 2.26. The minimum Gasteiger partial charge on any atom is -0.447 e. The predicted molar refractivity (Wildman–Crippen MR) is 86.0 cm³/mol. The van der Waals surface area contributed by atoms with Crippen LogP contribution in [-0.4, -0.2) is 43.4 Å². The lowest BCUT2D eigenvalue weighted by atomic mass is 10.3. The molecule has 1 unspecified atom stereocenters. The van der Waals surface area contributed by atoms with Crippen LogP contribution in [0.5, 0.6) is 0 Å². The minimum absolute atomic E-state index is 0.0672. The first kappa shape index (κ1) is 16.9. The van der Waals surface area contributed by atoms with Gasteiger partial charge in [0, 0.05) is 24.1 Å². The van der Waals surface area contributed by atoms with Crippen molar-refractivity contribution in [3.8, 4) is 0 Å². The zero-order valence-electron chi connectivity index (χ0n) is 12.7. The summed E-state index contributed by atoms with van der Waals surface area (Å²) in [6, 6.07) is 3.31. The zero-order chi connectivity index (χ0) is 15.3. The molecule has 7 heteroatoms. The van der Waals surface area contributed by atoms with Crippen molar-refractivity contribution >= 4 is 21.8 Å². The Balaban J connectivity index is 2.05. The van der Waals surface area contributed by atoms with Crippen molar-refractivity contribution in [2.75, 3.05) is 25.4 Å². The van der Waals surface area contributed by atoms with Gasteiger partial charge in [-0.3, -0.25) is 0 Å². The van der Waals surface area contributed by atoms with Crippen LogP contribution in [0.2, 0.25) is 0 Å². The first-order valence-corrected chi connectivity index (χ1v) is 9.98. The molecule has 1 aromatic heterocycles. The van der Waals surface area contributed by atoms with Crippen molar-refractivity contribution in [3.05, 3.63) is 17.9 Å². The fourth-order valence-electron chi connectivity index (χ4n) is 2.27. The van der Waals surface area contributed by atoms with Gasteiger partial charge in [-0.25, -0.2) is 8.42 Å². The second-order valence-corrected chi connectivity index (χ2v) is 8.44. The van der Waals surface area contributed by atoms with Crippen LogP contribution in [0.25, 0.3) is 0 Å². The van der Waals surface area contributed by atoms with Gasteiger partial charge in [-0.15, -0.1) is 0 Å². The first-order chi connectivity index (χ1) is 10.1. The quantitative estimate of drug-likeness (QED) is 0.776. The summed E-state index contributed by atoms with van der Waals surface area (Å²) in [4.78, 5) is 0. The molecule has 0 saturated carbocycles. The van der Waals surface area contributed by atoms with Crippen molar-refractivity contribution in [2.45, 2.75) is 43.6 Å². The minimum atomic E-state index is -3.49. The number of rotatable bonds is 7. The standard InChI is InChI=1S/C14H24N2O3S2/c1-3-7-15-10-12-5-6-14(19-12)21(17,18)16-8-9-20-13(4-2)11-16/h5-6,13,15H,3-4,7-11H2,1-2H3. The Morgan fingerprint density at radius 3 is 2.95 bits per heavy atom. The van der Waals surface area contributed by atoms with Gasteiger partial charge >= 0.3 is 0 Å². The lowest BCUT2D eigenvalue weighted by Crippen LogP contribution is -2.41. The van der Waals surface area contributed by atoms with E-state index in [1.165, 1.54) is 0 Å². The lowest BCUT2D eigenvalue weighted by molar-refractivity contribution is 0.364. The van der Waals surface area contributed by atoms with Gasteiger partial charge < -0.3 is 9.73 Å². The molecule has 120 valence electrons. The van der Waals surface area contributed by atoms with Crippen molar-refractivity contribution in [3.63, 3.8) is 0 Å². The van der Waals surface area contributed by atoms with Crippen molar-refractivity contribution in [1.29, 1.82) is 0 Å². The van der Waals surface area contributed by atoms with E-state index in [-0.39, 0.29) is 5.09 Å². The molecule has 1 aromatic rings. The third-order valence-corrected chi connectivity index (χ3v) is 6.63. The molecule has 1 atom stereocenters. The Hall–Kier alpha value is -0.500. The number of hydrogen-bond acceptors (Lipinski definition) is 5. The molecule has 0 spiro atoms. The van der Waals surface area contributed by atoms with Gasteiger partial charge in [-0.05, 0) is 31.5 Å². The Morgan fingerprint density at radius 2 is 2.24 bits per heavy atom. The van der Waals surface area contributed by atoms with Crippen molar-refractivity contribution in [1.82, 2.24) is 9.62 Å². The highest BCUT2D eigenvalue weighted by Gasteiger charge is 2.32. The van der Waals surface area contributed by atoms with Gasteiger partial charge in [0.1, 0.15) is 5.76 Å². The summed E-state index contributed by atoms with van der Waals surface area (Å²) in [5.74, 6) is 1.52. The highest BCUT2D eigenvalue weighted by atomic mass is 32.2. The second kappa shape index (κ2) is 7.67.